The quantitative estimate of drug-likeness (QED) is 0.716. The molecule has 2 aromatic carbocycles. The van der Waals surface area contributed by atoms with E-state index in [1.807, 2.05) is 18.2 Å². The Kier molecular flexibility index (Phi) is 2.95. The molecule has 0 unspecified atom stereocenters. The Balaban J connectivity index is 2.30. The molecule has 16 heavy (non-hydrogen) atoms. The van der Waals surface area contributed by atoms with Crippen molar-refractivity contribution in [2.75, 3.05) is 0 Å². The maximum absolute atomic E-state index is 5.87. The Hall–Kier alpha value is -1.76. The fraction of sp³-hybridized carbons (Fsp3) is 0.200. The van der Waals surface area contributed by atoms with Crippen molar-refractivity contribution in [1.82, 2.24) is 0 Å². The second-order valence-electron chi connectivity index (χ2n) is 4.19. The van der Waals surface area contributed by atoms with Crippen molar-refractivity contribution in [3.63, 3.8) is 0 Å². The van der Waals surface area contributed by atoms with E-state index in [-0.39, 0.29) is 0 Å². The molecule has 82 valence electrons. The first-order chi connectivity index (χ1) is 7.65. The van der Waals surface area contributed by atoms with Crippen LogP contribution in [0, 0.1) is 20.8 Å². The molecule has 0 aliphatic rings. The Morgan fingerprint density at radius 2 is 1.44 bits per heavy atom. The zero-order chi connectivity index (χ0) is 11.5. The molecule has 0 spiro atoms. The third-order valence-electron chi connectivity index (χ3n) is 2.52. The highest BCUT2D eigenvalue weighted by Crippen LogP contribution is 2.26. The van der Waals surface area contributed by atoms with Gasteiger partial charge in [-0.3, -0.25) is 0 Å². The molecule has 0 amide bonds. The summed E-state index contributed by atoms with van der Waals surface area (Å²) in [6.45, 7) is 6.22. The molecule has 1 nitrogen and oxygen atoms in total. The maximum atomic E-state index is 5.87. The van der Waals surface area contributed by atoms with Gasteiger partial charge in [0, 0.05) is 0 Å². The van der Waals surface area contributed by atoms with Crippen molar-refractivity contribution in [3.8, 4) is 11.5 Å². The van der Waals surface area contributed by atoms with E-state index in [4.69, 9.17) is 4.74 Å². The van der Waals surface area contributed by atoms with Crippen molar-refractivity contribution in [2.24, 2.45) is 0 Å². The topological polar surface area (TPSA) is 9.23 Å². The van der Waals surface area contributed by atoms with Crippen molar-refractivity contribution < 1.29 is 4.74 Å². The van der Waals surface area contributed by atoms with Crippen molar-refractivity contribution >= 4 is 0 Å². The fourth-order valence-electron chi connectivity index (χ4n) is 1.79. The summed E-state index contributed by atoms with van der Waals surface area (Å²) < 4.78 is 5.87. The van der Waals surface area contributed by atoms with E-state index in [1.165, 1.54) is 11.1 Å². The molecule has 0 fully saturated rings. The minimum absolute atomic E-state index is 0.909. The third-order valence-corrected chi connectivity index (χ3v) is 2.52. The maximum Gasteiger partial charge on any atom is 0.130 e. The van der Waals surface area contributed by atoms with Crippen molar-refractivity contribution in [3.05, 3.63) is 59.2 Å². The van der Waals surface area contributed by atoms with Crippen molar-refractivity contribution in [1.29, 1.82) is 0 Å². The van der Waals surface area contributed by atoms with Crippen LogP contribution in [0.3, 0.4) is 0 Å². The highest BCUT2D eigenvalue weighted by molar-refractivity contribution is 5.39. The smallest absolute Gasteiger partial charge is 0.130 e. The first kappa shape index (κ1) is 10.7. The number of para-hydroxylation sites is 1. The van der Waals surface area contributed by atoms with E-state index in [2.05, 4.69) is 45.0 Å². The van der Waals surface area contributed by atoms with Crippen LogP contribution in [0.25, 0.3) is 0 Å². The minimum Gasteiger partial charge on any atom is -0.457 e. The second kappa shape index (κ2) is 4.40. The summed E-state index contributed by atoms with van der Waals surface area (Å²) in [4.78, 5) is 0. The highest BCUT2D eigenvalue weighted by atomic mass is 16.5. The van der Waals surface area contributed by atoms with E-state index in [0.29, 0.717) is 0 Å². The lowest BCUT2D eigenvalue weighted by Crippen LogP contribution is -1.88. The number of rotatable bonds is 2. The molecule has 0 heterocycles. The summed E-state index contributed by atoms with van der Waals surface area (Å²) >= 11 is 0. The van der Waals surface area contributed by atoms with Crippen LogP contribution in [-0.2, 0) is 0 Å². The van der Waals surface area contributed by atoms with Crippen LogP contribution in [0.4, 0.5) is 0 Å². The number of hydrogen-bond donors (Lipinski definition) is 0. The van der Waals surface area contributed by atoms with E-state index in [1.54, 1.807) is 0 Å². The highest BCUT2D eigenvalue weighted by Gasteiger charge is 2.01. The normalized spacial score (nSPS) is 10.2. The Morgan fingerprint density at radius 1 is 0.812 bits per heavy atom. The SMILES string of the molecule is Cc1cc(C)cc(Oc2ccccc2C)c1. The summed E-state index contributed by atoms with van der Waals surface area (Å²) in [7, 11) is 0. The average Bonchev–Trinajstić information content (AvgIpc) is 2.20. The van der Waals surface area contributed by atoms with Crippen molar-refractivity contribution in [2.45, 2.75) is 20.8 Å². The lowest BCUT2D eigenvalue weighted by Gasteiger charge is -2.09. The first-order valence-electron chi connectivity index (χ1n) is 5.47. The molecule has 0 atom stereocenters. The number of aryl methyl sites for hydroxylation is 3. The number of hydrogen-bond acceptors (Lipinski definition) is 1. The van der Waals surface area contributed by atoms with Gasteiger partial charge in [-0.1, -0.05) is 24.3 Å². The molecule has 0 radical (unpaired) electrons. The van der Waals surface area contributed by atoms with Gasteiger partial charge in [0.15, 0.2) is 0 Å². The van der Waals surface area contributed by atoms with E-state index < -0.39 is 0 Å². The molecule has 2 aromatic rings. The molecule has 0 N–H and O–H groups in total. The van der Waals surface area contributed by atoms with Crippen LogP contribution < -0.4 is 4.74 Å². The Labute approximate surface area is 96.7 Å². The third kappa shape index (κ3) is 2.43. The minimum atomic E-state index is 0.909. The lowest BCUT2D eigenvalue weighted by atomic mass is 10.1. The van der Waals surface area contributed by atoms with Gasteiger partial charge in [0.05, 0.1) is 0 Å². The van der Waals surface area contributed by atoms with E-state index >= 15 is 0 Å². The van der Waals surface area contributed by atoms with Gasteiger partial charge in [-0.05, 0) is 55.7 Å². The molecule has 1 heteroatoms. The zero-order valence-corrected chi connectivity index (χ0v) is 9.95. The number of ether oxygens (including phenoxy) is 1. The molecular formula is C15H16O. The molecule has 0 bridgehead atoms. The van der Waals surface area contributed by atoms with Crippen LogP contribution in [0.5, 0.6) is 11.5 Å². The molecule has 0 saturated heterocycles. The predicted molar refractivity (Wildman–Crippen MR) is 67.2 cm³/mol. The fourth-order valence-corrected chi connectivity index (χ4v) is 1.79. The summed E-state index contributed by atoms with van der Waals surface area (Å²) in [6.07, 6.45) is 0. The monoisotopic (exact) mass is 212 g/mol. The lowest BCUT2D eigenvalue weighted by molar-refractivity contribution is 0.478. The summed E-state index contributed by atoms with van der Waals surface area (Å²) in [6, 6.07) is 14.3. The molecule has 2 rings (SSSR count). The predicted octanol–water partition coefficient (Wildman–Crippen LogP) is 4.40. The van der Waals surface area contributed by atoms with E-state index in [0.717, 1.165) is 17.1 Å². The van der Waals surface area contributed by atoms with Crippen LogP contribution in [-0.4, -0.2) is 0 Å². The zero-order valence-electron chi connectivity index (χ0n) is 9.95. The molecule has 0 aromatic heterocycles. The largest absolute Gasteiger partial charge is 0.457 e. The average molecular weight is 212 g/mol. The summed E-state index contributed by atoms with van der Waals surface area (Å²) in [5, 5.41) is 0. The first-order valence-corrected chi connectivity index (χ1v) is 5.47. The Bertz CT molecular complexity index is 480. The standard InChI is InChI=1S/C15H16O/c1-11-8-12(2)10-14(9-11)16-15-7-5-4-6-13(15)3/h4-10H,1-3H3. The molecule has 0 aliphatic carbocycles. The summed E-state index contributed by atoms with van der Waals surface area (Å²) in [5.74, 6) is 1.83. The van der Waals surface area contributed by atoms with Crippen LogP contribution >= 0.6 is 0 Å². The van der Waals surface area contributed by atoms with Gasteiger partial charge < -0.3 is 4.74 Å². The van der Waals surface area contributed by atoms with Gasteiger partial charge in [-0.25, -0.2) is 0 Å². The molecular weight excluding hydrogens is 196 g/mol. The van der Waals surface area contributed by atoms with Gasteiger partial charge in [0.25, 0.3) is 0 Å². The van der Waals surface area contributed by atoms with Gasteiger partial charge in [-0.15, -0.1) is 0 Å². The van der Waals surface area contributed by atoms with Crippen LogP contribution in [0.15, 0.2) is 42.5 Å². The van der Waals surface area contributed by atoms with Crippen LogP contribution in [0.2, 0.25) is 0 Å². The van der Waals surface area contributed by atoms with Gasteiger partial charge in [-0.2, -0.15) is 0 Å². The van der Waals surface area contributed by atoms with Gasteiger partial charge in [0.1, 0.15) is 11.5 Å². The summed E-state index contributed by atoms with van der Waals surface area (Å²) in [5.41, 5.74) is 3.61. The molecule has 0 saturated carbocycles. The number of benzene rings is 2. The second-order valence-corrected chi connectivity index (χ2v) is 4.19. The Morgan fingerprint density at radius 3 is 2.06 bits per heavy atom. The van der Waals surface area contributed by atoms with Crippen LogP contribution in [0.1, 0.15) is 16.7 Å². The van der Waals surface area contributed by atoms with E-state index in [9.17, 15) is 0 Å². The van der Waals surface area contributed by atoms with Gasteiger partial charge >= 0.3 is 0 Å². The molecule has 0 aliphatic heterocycles. The van der Waals surface area contributed by atoms with Gasteiger partial charge in [0.2, 0.25) is 0 Å².